The molecule has 0 spiro atoms. The highest BCUT2D eigenvalue weighted by atomic mass is 16.5. The number of carboxylic acids is 1. The number of carboxylic acid groups (broad SMARTS) is 1. The molecule has 2 unspecified atom stereocenters. The number of oxazole rings is 1. The fourth-order valence-corrected chi connectivity index (χ4v) is 2.44. The van der Waals surface area contributed by atoms with Crippen LogP contribution in [0, 0.1) is 0 Å². The summed E-state index contributed by atoms with van der Waals surface area (Å²) in [7, 11) is 0. The Kier molecular flexibility index (Phi) is 5.19. The fourth-order valence-electron chi connectivity index (χ4n) is 2.44. The van der Waals surface area contributed by atoms with Gasteiger partial charge >= 0.3 is 5.97 Å². The predicted molar refractivity (Wildman–Crippen MR) is 77.7 cm³/mol. The molecule has 2 atom stereocenters. The second-order valence-electron chi connectivity index (χ2n) is 5.23. The van der Waals surface area contributed by atoms with E-state index < -0.39 is 5.97 Å². The summed E-state index contributed by atoms with van der Waals surface area (Å²) in [5.41, 5.74) is 6.07. The molecule has 0 amide bonds. The number of ether oxygens (including phenoxy) is 1. The SMILES string of the molecule is CCCOC1CN(c2nc(C(=O)O)c(CC)o2)CCC1N. The zero-order valence-electron chi connectivity index (χ0n) is 12.5. The molecule has 0 radical (unpaired) electrons. The fraction of sp³-hybridized carbons (Fsp3) is 0.714. The topological polar surface area (TPSA) is 102 Å². The Hall–Kier alpha value is -1.60. The molecule has 0 aliphatic carbocycles. The first-order valence-electron chi connectivity index (χ1n) is 7.41. The Morgan fingerprint density at radius 3 is 2.90 bits per heavy atom. The van der Waals surface area contributed by atoms with Crippen molar-refractivity contribution in [2.24, 2.45) is 5.73 Å². The number of anilines is 1. The van der Waals surface area contributed by atoms with E-state index in [1.54, 1.807) is 0 Å². The molecule has 1 aromatic heterocycles. The highest BCUT2D eigenvalue weighted by molar-refractivity contribution is 5.86. The molecule has 2 rings (SSSR count). The molecular weight excluding hydrogens is 274 g/mol. The second kappa shape index (κ2) is 6.91. The predicted octanol–water partition coefficient (Wildman–Crippen LogP) is 1.27. The molecule has 0 saturated carbocycles. The van der Waals surface area contributed by atoms with Crippen molar-refractivity contribution < 1.29 is 19.1 Å². The smallest absolute Gasteiger partial charge is 0.358 e. The summed E-state index contributed by atoms with van der Waals surface area (Å²) >= 11 is 0. The Labute approximate surface area is 124 Å². The Morgan fingerprint density at radius 1 is 1.57 bits per heavy atom. The third-order valence-corrected chi connectivity index (χ3v) is 3.63. The molecule has 0 bridgehead atoms. The van der Waals surface area contributed by atoms with Crippen LogP contribution in [-0.2, 0) is 11.2 Å². The summed E-state index contributed by atoms with van der Waals surface area (Å²) in [4.78, 5) is 17.2. The van der Waals surface area contributed by atoms with E-state index in [1.165, 1.54) is 0 Å². The van der Waals surface area contributed by atoms with Crippen LogP contribution in [0.1, 0.15) is 42.9 Å². The van der Waals surface area contributed by atoms with E-state index in [-0.39, 0.29) is 17.8 Å². The molecule has 1 fully saturated rings. The zero-order valence-corrected chi connectivity index (χ0v) is 12.5. The van der Waals surface area contributed by atoms with Gasteiger partial charge in [-0.15, -0.1) is 0 Å². The van der Waals surface area contributed by atoms with Gasteiger partial charge in [0.2, 0.25) is 0 Å². The summed E-state index contributed by atoms with van der Waals surface area (Å²) in [5, 5.41) is 9.13. The largest absolute Gasteiger partial charge is 0.476 e. The normalized spacial score (nSPS) is 22.5. The van der Waals surface area contributed by atoms with Crippen LogP contribution in [0.3, 0.4) is 0 Å². The maximum atomic E-state index is 11.1. The maximum absolute atomic E-state index is 11.1. The number of aromatic nitrogens is 1. The van der Waals surface area contributed by atoms with Gasteiger partial charge in [-0.25, -0.2) is 4.79 Å². The van der Waals surface area contributed by atoms with Gasteiger partial charge in [-0.05, 0) is 12.8 Å². The second-order valence-corrected chi connectivity index (χ2v) is 5.23. The minimum absolute atomic E-state index is 0.00611. The highest BCUT2D eigenvalue weighted by Crippen LogP contribution is 2.24. The summed E-state index contributed by atoms with van der Waals surface area (Å²) < 4.78 is 11.3. The van der Waals surface area contributed by atoms with Crippen LogP contribution in [-0.4, -0.2) is 47.9 Å². The van der Waals surface area contributed by atoms with E-state index >= 15 is 0 Å². The molecule has 3 N–H and O–H groups in total. The number of aryl methyl sites for hydroxylation is 1. The Balaban J connectivity index is 2.12. The standard InChI is InChI=1S/C14H23N3O4/c1-3-7-20-11-8-17(6-5-9(11)15)14-16-12(13(18)19)10(4-2)21-14/h9,11H,3-8,15H2,1-2H3,(H,18,19). The van der Waals surface area contributed by atoms with Crippen molar-refractivity contribution in [1.29, 1.82) is 0 Å². The molecule has 0 aromatic carbocycles. The summed E-state index contributed by atoms with van der Waals surface area (Å²) in [6.07, 6.45) is 2.12. The van der Waals surface area contributed by atoms with Crippen LogP contribution in [0.15, 0.2) is 4.42 Å². The highest BCUT2D eigenvalue weighted by Gasteiger charge is 2.31. The van der Waals surface area contributed by atoms with E-state index in [9.17, 15) is 4.79 Å². The molecule has 7 nitrogen and oxygen atoms in total. The van der Waals surface area contributed by atoms with Gasteiger partial charge in [0.25, 0.3) is 6.01 Å². The van der Waals surface area contributed by atoms with Crippen LogP contribution in [0.4, 0.5) is 6.01 Å². The van der Waals surface area contributed by atoms with Gasteiger partial charge in [0, 0.05) is 25.6 Å². The average Bonchev–Trinajstić information content (AvgIpc) is 2.91. The molecule has 21 heavy (non-hydrogen) atoms. The van der Waals surface area contributed by atoms with Crippen molar-refractivity contribution >= 4 is 12.0 Å². The van der Waals surface area contributed by atoms with E-state index in [4.69, 9.17) is 20.0 Å². The van der Waals surface area contributed by atoms with Crippen LogP contribution < -0.4 is 10.6 Å². The Morgan fingerprint density at radius 2 is 2.33 bits per heavy atom. The lowest BCUT2D eigenvalue weighted by Gasteiger charge is -2.35. The average molecular weight is 297 g/mol. The molecule has 1 aliphatic rings. The van der Waals surface area contributed by atoms with E-state index in [1.807, 2.05) is 18.7 Å². The third-order valence-electron chi connectivity index (χ3n) is 3.63. The van der Waals surface area contributed by atoms with E-state index in [0.29, 0.717) is 37.9 Å². The van der Waals surface area contributed by atoms with Crippen molar-refractivity contribution in [3.8, 4) is 0 Å². The van der Waals surface area contributed by atoms with Gasteiger partial charge in [-0.3, -0.25) is 0 Å². The minimum atomic E-state index is -1.06. The van der Waals surface area contributed by atoms with Gasteiger partial charge in [0.05, 0.1) is 12.6 Å². The number of piperidine rings is 1. The van der Waals surface area contributed by atoms with Gasteiger partial charge in [0.1, 0.15) is 5.76 Å². The summed E-state index contributed by atoms with van der Waals surface area (Å²) in [5.74, 6) is -0.659. The third kappa shape index (κ3) is 3.54. The monoisotopic (exact) mass is 297 g/mol. The van der Waals surface area contributed by atoms with E-state index in [2.05, 4.69) is 4.98 Å². The molecule has 1 aromatic rings. The quantitative estimate of drug-likeness (QED) is 0.815. The van der Waals surface area contributed by atoms with Crippen molar-refractivity contribution in [2.75, 3.05) is 24.6 Å². The molecule has 7 heteroatoms. The number of aromatic carboxylic acids is 1. The number of carbonyl (C=O) groups is 1. The minimum Gasteiger partial charge on any atom is -0.476 e. The zero-order chi connectivity index (χ0) is 15.4. The summed E-state index contributed by atoms with van der Waals surface area (Å²) in [6.45, 7) is 5.82. The van der Waals surface area contributed by atoms with Crippen LogP contribution in [0.5, 0.6) is 0 Å². The molecule has 2 heterocycles. The van der Waals surface area contributed by atoms with Gasteiger partial charge in [0.15, 0.2) is 5.69 Å². The summed E-state index contributed by atoms with van der Waals surface area (Å²) in [6, 6.07) is 0.341. The lowest BCUT2D eigenvalue weighted by Crippen LogP contribution is -2.52. The molecule has 1 aliphatic heterocycles. The van der Waals surface area contributed by atoms with Gasteiger partial charge in [-0.1, -0.05) is 13.8 Å². The van der Waals surface area contributed by atoms with Crippen molar-refractivity contribution in [3.05, 3.63) is 11.5 Å². The van der Waals surface area contributed by atoms with Gasteiger partial charge in [-0.2, -0.15) is 4.98 Å². The number of rotatable bonds is 6. The van der Waals surface area contributed by atoms with Crippen LogP contribution in [0.25, 0.3) is 0 Å². The number of hydrogen-bond acceptors (Lipinski definition) is 6. The number of nitrogens with zero attached hydrogens (tertiary/aromatic N) is 2. The maximum Gasteiger partial charge on any atom is 0.358 e. The first-order chi connectivity index (χ1) is 10.1. The van der Waals surface area contributed by atoms with Crippen LogP contribution >= 0.6 is 0 Å². The van der Waals surface area contributed by atoms with Crippen molar-refractivity contribution in [3.63, 3.8) is 0 Å². The lowest BCUT2D eigenvalue weighted by molar-refractivity contribution is 0.0300. The first-order valence-corrected chi connectivity index (χ1v) is 7.41. The first kappa shape index (κ1) is 15.8. The lowest BCUT2D eigenvalue weighted by atomic mass is 10.0. The Bertz CT molecular complexity index is 489. The van der Waals surface area contributed by atoms with Crippen molar-refractivity contribution in [1.82, 2.24) is 4.98 Å². The number of nitrogens with two attached hydrogens (primary N) is 1. The van der Waals surface area contributed by atoms with Gasteiger partial charge < -0.3 is 24.9 Å². The molecular formula is C14H23N3O4. The molecule has 1 saturated heterocycles. The van der Waals surface area contributed by atoms with Crippen LogP contribution in [0.2, 0.25) is 0 Å². The van der Waals surface area contributed by atoms with E-state index in [0.717, 1.165) is 12.8 Å². The van der Waals surface area contributed by atoms with Crippen molar-refractivity contribution in [2.45, 2.75) is 45.3 Å². The molecule has 118 valence electrons. The number of hydrogen-bond donors (Lipinski definition) is 2.